The van der Waals surface area contributed by atoms with Gasteiger partial charge in [0.2, 0.25) is 0 Å². The first-order valence-electron chi connectivity index (χ1n) is 5.97. The number of nitrogens with one attached hydrogen (secondary N) is 1. The van der Waals surface area contributed by atoms with Crippen LogP contribution in [0.1, 0.15) is 15.9 Å². The molecule has 0 bridgehead atoms. The molecule has 0 aliphatic heterocycles. The smallest absolute Gasteiger partial charge is 0.322 e. The third kappa shape index (κ3) is 2.46. The minimum absolute atomic E-state index is 0.0967. The lowest BCUT2D eigenvalue weighted by atomic mass is 10.1. The van der Waals surface area contributed by atoms with E-state index in [0.717, 1.165) is 11.1 Å². The predicted octanol–water partition coefficient (Wildman–Crippen LogP) is 3.36. The number of carbonyl (C=O) groups is 1. The number of benzene rings is 1. The minimum atomic E-state index is -0.261. The van der Waals surface area contributed by atoms with Crippen molar-refractivity contribution >= 4 is 23.3 Å². The van der Waals surface area contributed by atoms with Crippen LogP contribution < -0.4 is 5.32 Å². The molecule has 3 aromatic rings. The molecular formula is C14H11N3O2S. The van der Waals surface area contributed by atoms with Crippen molar-refractivity contribution in [1.29, 1.82) is 0 Å². The number of rotatable bonds is 3. The fourth-order valence-corrected chi connectivity index (χ4v) is 2.40. The molecule has 3 rings (SSSR count). The highest BCUT2D eigenvalue weighted by molar-refractivity contribution is 7.08. The highest BCUT2D eigenvalue weighted by Crippen LogP contribution is 2.22. The normalized spacial score (nSPS) is 10.4. The van der Waals surface area contributed by atoms with Crippen LogP contribution in [0.15, 0.2) is 45.5 Å². The number of aryl methyl sites for hydroxylation is 1. The first-order chi connectivity index (χ1) is 9.74. The van der Waals surface area contributed by atoms with Gasteiger partial charge in [0.25, 0.3) is 11.8 Å². The van der Waals surface area contributed by atoms with Crippen molar-refractivity contribution in [2.75, 3.05) is 5.32 Å². The number of hydrogen-bond acceptors (Lipinski definition) is 5. The van der Waals surface area contributed by atoms with Gasteiger partial charge >= 0.3 is 6.01 Å². The third-order valence-corrected chi connectivity index (χ3v) is 3.49. The van der Waals surface area contributed by atoms with Gasteiger partial charge in [-0.15, -0.1) is 5.10 Å². The number of aromatic nitrogens is 2. The number of carbonyl (C=O) groups excluding carboxylic acids is 1. The Bertz CT molecular complexity index is 734. The minimum Gasteiger partial charge on any atom is -0.403 e. The maximum absolute atomic E-state index is 12.1. The second kappa shape index (κ2) is 5.26. The molecule has 1 amide bonds. The van der Waals surface area contributed by atoms with Crippen LogP contribution in [0.25, 0.3) is 11.5 Å². The zero-order chi connectivity index (χ0) is 13.9. The molecule has 0 atom stereocenters. The summed E-state index contributed by atoms with van der Waals surface area (Å²) in [7, 11) is 0. The molecule has 20 heavy (non-hydrogen) atoms. The van der Waals surface area contributed by atoms with E-state index in [2.05, 4.69) is 15.5 Å². The molecule has 0 spiro atoms. The van der Waals surface area contributed by atoms with Crippen LogP contribution in [-0.2, 0) is 0 Å². The highest BCUT2D eigenvalue weighted by atomic mass is 32.1. The van der Waals surface area contributed by atoms with E-state index in [1.807, 2.05) is 41.9 Å². The standard InChI is InChI=1S/C14H11N3O2S/c1-9-4-2-3-5-11(9)12(18)15-14-17-16-13(19-14)10-6-7-20-8-10/h2-8H,1H3,(H,15,17,18). The van der Waals surface area contributed by atoms with Crippen LogP contribution in [0, 0.1) is 6.92 Å². The van der Waals surface area contributed by atoms with E-state index in [9.17, 15) is 4.79 Å². The van der Waals surface area contributed by atoms with Gasteiger partial charge in [-0.3, -0.25) is 10.1 Å². The molecule has 5 nitrogen and oxygen atoms in total. The van der Waals surface area contributed by atoms with Crippen molar-refractivity contribution < 1.29 is 9.21 Å². The Labute approximate surface area is 119 Å². The van der Waals surface area contributed by atoms with Crippen LogP contribution in [0.2, 0.25) is 0 Å². The second-order valence-corrected chi connectivity index (χ2v) is 4.97. The van der Waals surface area contributed by atoms with Gasteiger partial charge in [-0.05, 0) is 30.0 Å². The maximum Gasteiger partial charge on any atom is 0.322 e. The van der Waals surface area contributed by atoms with E-state index in [-0.39, 0.29) is 11.9 Å². The van der Waals surface area contributed by atoms with E-state index in [1.165, 1.54) is 0 Å². The Morgan fingerprint density at radius 1 is 1.25 bits per heavy atom. The van der Waals surface area contributed by atoms with E-state index in [1.54, 1.807) is 17.4 Å². The lowest BCUT2D eigenvalue weighted by Crippen LogP contribution is -2.13. The summed E-state index contributed by atoms with van der Waals surface area (Å²) in [5.74, 6) is 0.134. The maximum atomic E-state index is 12.1. The quantitative estimate of drug-likeness (QED) is 0.801. The third-order valence-electron chi connectivity index (χ3n) is 2.80. The van der Waals surface area contributed by atoms with Gasteiger partial charge in [-0.25, -0.2) is 0 Å². The molecule has 0 fully saturated rings. The summed E-state index contributed by atoms with van der Waals surface area (Å²) in [6.45, 7) is 1.87. The Hall–Kier alpha value is -2.47. The van der Waals surface area contributed by atoms with Crippen molar-refractivity contribution in [2.45, 2.75) is 6.92 Å². The summed E-state index contributed by atoms with van der Waals surface area (Å²) in [6.07, 6.45) is 0. The Balaban J connectivity index is 1.79. The second-order valence-electron chi connectivity index (χ2n) is 4.19. The molecule has 6 heteroatoms. The van der Waals surface area contributed by atoms with Crippen LogP contribution in [0.4, 0.5) is 6.01 Å². The van der Waals surface area contributed by atoms with Gasteiger partial charge < -0.3 is 4.42 Å². The van der Waals surface area contributed by atoms with Crippen LogP contribution in [0.3, 0.4) is 0 Å². The fourth-order valence-electron chi connectivity index (χ4n) is 1.77. The molecule has 0 aliphatic rings. The van der Waals surface area contributed by atoms with E-state index < -0.39 is 0 Å². The molecule has 0 saturated carbocycles. The molecular weight excluding hydrogens is 274 g/mol. The summed E-state index contributed by atoms with van der Waals surface area (Å²) in [6, 6.07) is 9.30. The predicted molar refractivity (Wildman–Crippen MR) is 76.7 cm³/mol. The Morgan fingerprint density at radius 3 is 2.85 bits per heavy atom. The molecule has 2 aromatic heterocycles. The van der Waals surface area contributed by atoms with Crippen LogP contribution >= 0.6 is 11.3 Å². The average Bonchev–Trinajstić information content (AvgIpc) is 3.09. The van der Waals surface area contributed by atoms with Crippen molar-refractivity contribution in [3.63, 3.8) is 0 Å². The summed E-state index contributed by atoms with van der Waals surface area (Å²) >= 11 is 1.54. The molecule has 0 unspecified atom stereocenters. The lowest BCUT2D eigenvalue weighted by molar-refractivity contribution is 0.102. The Kier molecular flexibility index (Phi) is 3.30. The van der Waals surface area contributed by atoms with Gasteiger partial charge in [0.1, 0.15) is 0 Å². The van der Waals surface area contributed by atoms with Crippen molar-refractivity contribution in [2.24, 2.45) is 0 Å². The first-order valence-corrected chi connectivity index (χ1v) is 6.91. The number of nitrogens with zero attached hydrogens (tertiary/aromatic N) is 2. The molecule has 2 heterocycles. The zero-order valence-corrected chi connectivity index (χ0v) is 11.5. The van der Waals surface area contributed by atoms with Crippen LogP contribution in [-0.4, -0.2) is 16.1 Å². The first kappa shape index (κ1) is 12.6. The number of hydrogen-bond donors (Lipinski definition) is 1. The summed E-state index contributed by atoms with van der Waals surface area (Å²) in [5.41, 5.74) is 2.32. The Morgan fingerprint density at radius 2 is 2.10 bits per heavy atom. The average molecular weight is 285 g/mol. The monoisotopic (exact) mass is 285 g/mol. The highest BCUT2D eigenvalue weighted by Gasteiger charge is 2.14. The topological polar surface area (TPSA) is 68.0 Å². The molecule has 100 valence electrons. The lowest BCUT2D eigenvalue weighted by Gasteiger charge is -2.03. The van der Waals surface area contributed by atoms with Gasteiger partial charge in [0.15, 0.2) is 0 Å². The van der Waals surface area contributed by atoms with E-state index >= 15 is 0 Å². The fraction of sp³-hybridized carbons (Fsp3) is 0.0714. The van der Waals surface area contributed by atoms with Crippen molar-refractivity contribution in [1.82, 2.24) is 10.2 Å². The van der Waals surface area contributed by atoms with Crippen molar-refractivity contribution in [3.05, 3.63) is 52.2 Å². The summed E-state index contributed by atoms with van der Waals surface area (Å²) in [5, 5.41) is 14.2. The molecule has 0 saturated heterocycles. The van der Waals surface area contributed by atoms with E-state index in [0.29, 0.717) is 11.5 Å². The summed E-state index contributed by atoms with van der Waals surface area (Å²) < 4.78 is 5.41. The molecule has 1 aromatic carbocycles. The van der Waals surface area contributed by atoms with Crippen LogP contribution in [0.5, 0.6) is 0 Å². The number of amides is 1. The molecule has 1 N–H and O–H groups in total. The van der Waals surface area contributed by atoms with Gasteiger partial charge in [-0.2, -0.15) is 11.3 Å². The van der Waals surface area contributed by atoms with Crippen molar-refractivity contribution in [3.8, 4) is 11.5 Å². The molecule has 0 radical (unpaired) electrons. The van der Waals surface area contributed by atoms with Gasteiger partial charge in [0, 0.05) is 16.5 Å². The van der Waals surface area contributed by atoms with Gasteiger partial charge in [0.05, 0.1) is 0 Å². The summed E-state index contributed by atoms with van der Waals surface area (Å²) in [4.78, 5) is 12.1. The number of anilines is 1. The zero-order valence-electron chi connectivity index (χ0n) is 10.7. The molecule has 0 aliphatic carbocycles. The largest absolute Gasteiger partial charge is 0.403 e. The van der Waals surface area contributed by atoms with Gasteiger partial charge in [-0.1, -0.05) is 23.3 Å². The SMILES string of the molecule is Cc1ccccc1C(=O)Nc1nnc(-c2ccsc2)o1. The number of thiophene rings is 1. The van der Waals surface area contributed by atoms with E-state index in [4.69, 9.17) is 4.42 Å².